The van der Waals surface area contributed by atoms with Crippen LogP contribution in [0.25, 0.3) is 0 Å². The van der Waals surface area contributed by atoms with Crippen molar-refractivity contribution in [2.45, 2.75) is 131 Å². The fraction of sp³-hybridized carbons (Fsp3) is 0.611. The SMILES string of the molecule is C[Si](C)OC(c1ccc(C#Cc2cccc(CCCCCC(C)(C)O)c2)cc1C(O[Si](C)C)C(C)(C)C)C(C)(C)C. The minimum Gasteiger partial charge on any atom is -0.410 e. The number of benzene rings is 2. The molecule has 0 aliphatic heterocycles. The summed E-state index contributed by atoms with van der Waals surface area (Å²) in [4.78, 5) is 0. The quantitative estimate of drug-likeness (QED) is 0.151. The smallest absolute Gasteiger partial charge is 0.205 e. The van der Waals surface area contributed by atoms with Gasteiger partial charge in [0.25, 0.3) is 0 Å². The molecule has 2 aromatic carbocycles. The maximum Gasteiger partial charge on any atom is 0.205 e. The molecule has 2 radical (unpaired) electrons. The fourth-order valence-corrected chi connectivity index (χ4v) is 6.92. The van der Waals surface area contributed by atoms with Crippen molar-refractivity contribution < 1.29 is 14.0 Å². The van der Waals surface area contributed by atoms with E-state index in [1.165, 1.54) is 16.7 Å². The summed E-state index contributed by atoms with van der Waals surface area (Å²) >= 11 is 0. The molecular formula is C36H56O3Si2. The molecule has 0 amide bonds. The monoisotopic (exact) mass is 592 g/mol. The zero-order valence-corrected chi connectivity index (χ0v) is 30.0. The highest BCUT2D eigenvalue weighted by Crippen LogP contribution is 2.45. The van der Waals surface area contributed by atoms with Crippen molar-refractivity contribution in [1.82, 2.24) is 0 Å². The molecule has 0 saturated carbocycles. The van der Waals surface area contributed by atoms with Crippen LogP contribution < -0.4 is 0 Å². The lowest BCUT2D eigenvalue weighted by Gasteiger charge is -2.39. The molecule has 2 rings (SSSR count). The van der Waals surface area contributed by atoms with E-state index in [-0.39, 0.29) is 23.0 Å². The first kappa shape index (κ1) is 35.5. The molecule has 0 spiro atoms. The minimum absolute atomic E-state index is 0.0126. The minimum atomic E-state index is -0.936. The Labute approximate surface area is 255 Å². The largest absolute Gasteiger partial charge is 0.410 e. The van der Waals surface area contributed by atoms with Crippen molar-refractivity contribution in [2.24, 2.45) is 10.8 Å². The van der Waals surface area contributed by atoms with Crippen molar-refractivity contribution in [2.75, 3.05) is 0 Å². The first-order valence-corrected chi connectivity index (χ1v) is 20.1. The molecule has 3 nitrogen and oxygen atoms in total. The Balaban J connectivity index is 2.42. The van der Waals surface area contributed by atoms with Crippen LogP contribution in [0.5, 0.6) is 0 Å². The molecule has 1 N–H and O–H groups in total. The van der Waals surface area contributed by atoms with Crippen molar-refractivity contribution in [1.29, 1.82) is 0 Å². The van der Waals surface area contributed by atoms with E-state index in [0.29, 0.717) is 0 Å². The summed E-state index contributed by atoms with van der Waals surface area (Å²) in [6.45, 7) is 26.2. The van der Waals surface area contributed by atoms with Crippen LogP contribution in [-0.2, 0) is 15.3 Å². The fourth-order valence-electron chi connectivity index (χ4n) is 5.02. The van der Waals surface area contributed by atoms with Gasteiger partial charge in [-0.3, -0.25) is 0 Å². The highest BCUT2D eigenvalue weighted by Gasteiger charge is 2.36. The molecule has 0 aliphatic rings. The zero-order chi connectivity index (χ0) is 31.0. The van der Waals surface area contributed by atoms with Gasteiger partial charge in [-0.05, 0) is 111 Å². The Morgan fingerprint density at radius 1 is 0.683 bits per heavy atom. The Morgan fingerprint density at radius 3 is 1.73 bits per heavy atom. The van der Waals surface area contributed by atoms with Gasteiger partial charge in [0.1, 0.15) is 0 Å². The average Bonchev–Trinajstić information content (AvgIpc) is 2.82. The van der Waals surface area contributed by atoms with Gasteiger partial charge in [0.2, 0.25) is 18.1 Å². The van der Waals surface area contributed by atoms with E-state index in [4.69, 9.17) is 8.85 Å². The second kappa shape index (κ2) is 15.2. The third-order valence-electron chi connectivity index (χ3n) is 6.96. The third kappa shape index (κ3) is 12.6. The molecule has 0 aliphatic carbocycles. The Kier molecular flexibility index (Phi) is 13.1. The number of hydrogen-bond donors (Lipinski definition) is 1. The van der Waals surface area contributed by atoms with Crippen LogP contribution in [0.2, 0.25) is 26.2 Å². The van der Waals surface area contributed by atoms with Crippen molar-refractivity contribution in [3.63, 3.8) is 0 Å². The van der Waals surface area contributed by atoms with Gasteiger partial charge in [0.15, 0.2) is 0 Å². The van der Waals surface area contributed by atoms with E-state index in [9.17, 15) is 5.11 Å². The molecule has 2 unspecified atom stereocenters. The molecule has 5 heteroatoms. The van der Waals surface area contributed by atoms with Gasteiger partial charge in [0, 0.05) is 11.1 Å². The van der Waals surface area contributed by atoms with Gasteiger partial charge in [0.05, 0.1) is 17.8 Å². The van der Waals surface area contributed by atoms with E-state index < -0.39 is 23.7 Å². The van der Waals surface area contributed by atoms with Crippen LogP contribution in [0.3, 0.4) is 0 Å². The normalized spacial score (nSPS) is 14.2. The zero-order valence-electron chi connectivity index (χ0n) is 28.0. The molecule has 0 bridgehead atoms. The van der Waals surface area contributed by atoms with Crippen LogP contribution in [0, 0.1) is 22.7 Å². The summed E-state index contributed by atoms with van der Waals surface area (Å²) in [7, 11) is -1.85. The lowest BCUT2D eigenvalue weighted by atomic mass is 9.77. The van der Waals surface area contributed by atoms with E-state index in [0.717, 1.165) is 43.2 Å². The van der Waals surface area contributed by atoms with Crippen molar-refractivity contribution in [3.8, 4) is 11.8 Å². The van der Waals surface area contributed by atoms with Crippen molar-refractivity contribution >= 4 is 18.1 Å². The van der Waals surface area contributed by atoms with E-state index in [1.807, 2.05) is 13.8 Å². The summed E-state index contributed by atoms with van der Waals surface area (Å²) in [6, 6.07) is 15.3. The Morgan fingerprint density at radius 2 is 1.22 bits per heavy atom. The first-order chi connectivity index (χ1) is 18.9. The third-order valence-corrected chi connectivity index (χ3v) is 8.38. The standard InChI is InChI=1S/C36H56O3Si2/c1-34(2,3)32(38-40(9)10)30-23-22-29(26-31(30)33(35(4,5)6)39-41(11)12)21-20-28-19-16-18-27(25-28)17-14-13-15-24-36(7,8)37/h16,18-19,22-23,25-26,32-33,37H,13-15,17,24H2,1-12H3. The lowest BCUT2D eigenvalue weighted by molar-refractivity contribution is 0.0656. The molecule has 0 heterocycles. The second-order valence-electron chi connectivity index (χ2n) is 14.7. The summed E-state index contributed by atoms with van der Waals surface area (Å²) in [5, 5.41) is 9.93. The van der Waals surface area contributed by atoms with E-state index in [1.54, 1.807) is 0 Å². The van der Waals surface area contributed by atoms with E-state index >= 15 is 0 Å². The molecule has 0 aromatic heterocycles. The first-order valence-electron chi connectivity index (χ1n) is 15.3. The molecule has 226 valence electrons. The van der Waals surface area contributed by atoms with Gasteiger partial charge in [-0.1, -0.05) is 84.4 Å². The number of hydrogen-bond acceptors (Lipinski definition) is 3. The molecule has 0 saturated heterocycles. The number of aliphatic hydroxyl groups is 1. The van der Waals surface area contributed by atoms with Crippen LogP contribution in [-0.4, -0.2) is 28.8 Å². The van der Waals surface area contributed by atoms with Gasteiger partial charge < -0.3 is 14.0 Å². The Hall–Kier alpha value is -1.69. The topological polar surface area (TPSA) is 38.7 Å². The maximum atomic E-state index is 9.93. The molecule has 0 fully saturated rings. The predicted molar refractivity (Wildman–Crippen MR) is 179 cm³/mol. The highest BCUT2D eigenvalue weighted by molar-refractivity contribution is 6.48. The summed E-state index contributed by atoms with van der Waals surface area (Å²) < 4.78 is 13.4. The van der Waals surface area contributed by atoms with Gasteiger partial charge in [-0.25, -0.2) is 0 Å². The van der Waals surface area contributed by atoms with Gasteiger partial charge in [-0.2, -0.15) is 0 Å². The second-order valence-corrected chi connectivity index (χ2v) is 18.8. The van der Waals surface area contributed by atoms with Gasteiger partial charge in [-0.15, -0.1) is 0 Å². The lowest BCUT2D eigenvalue weighted by Crippen LogP contribution is -2.31. The predicted octanol–water partition coefficient (Wildman–Crippen LogP) is 9.67. The van der Waals surface area contributed by atoms with Gasteiger partial charge >= 0.3 is 0 Å². The Bertz CT molecular complexity index is 1150. The number of aryl methyl sites for hydroxylation is 1. The highest BCUT2D eigenvalue weighted by atomic mass is 28.3. The molecular weight excluding hydrogens is 537 g/mol. The van der Waals surface area contributed by atoms with Crippen LogP contribution in [0.1, 0.15) is 121 Å². The van der Waals surface area contributed by atoms with Crippen LogP contribution in [0.15, 0.2) is 42.5 Å². The van der Waals surface area contributed by atoms with Crippen LogP contribution >= 0.6 is 0 Å². The molecule has 2 aromatic rings. The summed E-state index contributed by atoms with van der Waals surface area (Å²) in [5.41, 5.74) is 5.11. The number of unbranched alkanes of at least 4 members (excludes halogenated alkanes) is 2. The molecule has 41 heavy (non-hydrogen) atoms. The van der Waals surface area contributed by atoms with Crippen molar-refractivity contribution in [3.05, 3.63) is 70.3 Å². The summed E-state index contributed by atoms with van der Waals surface area (Å²) in [5.74, 6) is 6.90. The average molecular weight is 593 g/mol. The maximum absolute atomic E-state index is 9.93. The van der Waals surface area contributed by atoms with Crippen LogP contribution in [0.4, 0.5) is 0 Å². The summed E-state index contributed by atoms with van der Waals surface area (Å²) in [6.07, 6.45) is 5.14. The van der Waals surface area contributed by atoms with E-state index in [2.05, 4.69) is 122 Å². The molecule has 2 atom stereocenters. The number of rotatable bonds is 12.